The van der Waals surface area contributed by atoms with Crippen LogP contribution in [0.5, 0.6) is 0 Å². The zero-order chi connectivity index (χ0) is 23.1. The molecule has 0 unspecified atom stereocenters. The molecule has 0 aromatic heterocycles. The average Bonchev–Trinajstić information content (AvgIpc) is 2.92. The third-order valence-electron chi connectivity index (χ3n) is 3.75. The zero-order valence-electron chi connectivity index (χ0n) is 16.3. The highest BCUT2D eigenvalue weighted by Gasteiger charge is 2.42. The van der Waals surface area contributed by atoms with E-state index in [4.69, 9.17) is 10.5 Å². The normalized spacial score (nSPS) is 15.3. The summed E-state index contributed by atoms with van der Waals surface area (Å²) in [6, 6.07) is -1.11. The van der Waals surface area contributed by atoms with Gasteiger partial charge in [-0.2, -0.15) is 13.2 Å². The fraction of sp³-hybridized carbons (Fsp3) is 0.588. The molecule has 3 N–H and O–H groups in total. The van der Waals surface area contributed by atoms with Crippen LogP contribution < -0.4 is 11.1 Å². The highest BCUT2D eigenvalue weighted by molar-refractivity contribution is 6.12. The maximum absolute atomic E-state index is 12.4. The lowest BCUT2D eigenvalue weighted by atomic mass is 10.1. The van der Waals surface area contributed by atoms with E-state index in [2.05, 4.69) is 10.1 Å². The monoisotopic (exact) mass is 437 g/mol. The van der Waals surface area contributed by atoms with Gasteiger partial charge in [0.15, 0.2) is 0 Å². The molecule has 0 radical (unpaired) electrons. The first-order chi connectivity index (χ1) is 13.7. The zero-order valence-corrected chi connectivity index (χ0v) is 16.3. The maximum Gasteiger partial charge on any atom is 0.490 e. The first kappa shape index (κ1) is 25.1. The lowest BCUT2D eigenvalue weighted by Crippen LogP contribution is -2.47. The van der Waals surface area contributed by atoms with Gasteiger partial charge in [-0.15, -0.1) is 0 Å². The van der Waals surface area contributed by atoms with Gasteiger partial charge in [0, 0.05) is 31.7 Å². The van der Waals surface area contributed by atoms with E-state index in [1.54, 1.807) is 0 Å². The number of carbonyl (C=O) groups is 5. The summed E-state index contributed by atoms with van der Waals surface area (Å²) in [4.78, 5) is 58.2. The summed E-state index contributed by atoms with van der Waals surface area (Å²) in [6.45, 7) is 1.50. The van der Waals surface area contributed by atoms with Gasteiger partial charge in [0.1, 0.15) is 18.2 Å². The van der Waals surface area contributed by atoms with E-state index >= 15 is 0 Å². The third-order valence-corrected chi connectivity index (χ3v) is 3.75. The van der Waals surface area contributed by atoms with Crippen LogP contribution in [0.25, 0.3) is 0 Å². The summed E-state index contributed by atoms with van der Waals surface area (Å²) in [6.07, 6.45) is -3.32. The number of alkyl halides is 3. The van der Waals surface area contributed by atoms with Crippen molar-refractivity contribution in [1.29, 1.82) is 0 Å². The molecule has 0 saturated heterocycles. The molecule has 3 amide bonds. The van der Waals surface area contributed by atoms with E-state index < -0.39 is 54.1 Å². The minimum atomic E-state index is -5.19. The van der Waals surface area contributed by atoms with Crippen molar-refractivity contribution >= 4 is 29.7 Å². The van der Waals surface area contributed by atoms with Crippen molar-refractivity contribution < 1.29 is 46.6 Å². The number of nitrogens with one attached hydrogen (secondary N) is 1. The molecule has 10 nitrogen and oxygen atoms in total. The topological polar surface area (TPSA) is 145 Å². The molecule has 1 rings (SSSR count). The molecular weight excluding hydrogens is 415 g/mol. The lowest BCUT2D eigenvalue weighted by molar-refractivity contribution is -0.206. The number of hydrogen-bond acceptors (Lipinski definition) is 8. The molecule has 0 aromatic carbocycles. The van der Waals surface area contributed by atoms with Crippen LogP contribution in [0.3, 0.4) is 0 Å². The van der Waals surface area contributed by atoms with Gasteiger partial charge in [0.05, 0.1) is 0 Å². The van der Waals surface area contributed by atoms with Gasteiger partial charge < -0.3 is 20.5 Å². The van der Waals surface area contributed by atoms with Crippen LogP contribution in [0.15, 0.2) is 12.2 Å². The Kier molecular flexibility index (Phi) is 8.51. The average molecular weight is 437 g/mol. The van der Waals surface area contributed by atoms with Gasteiger partial charge >= 0.3 is 18.1 Å². The van der Waals surface area contributed by atoms with Crippen molar-refractivity contribution in [3.05, 3.63) is 12.2 Å². The number of imide groups is 1. The number of nitrogens with two attached hydrogens (primary N) is 1. The smallest absolute Gasteiger partial charge is 0.455 e. The summed E-state index contributed by atoms with van der Waals surface area (Å²) in [5.74, 6) is -5.12. The van der Waals surface area contributed by atoms with E-state index in [1.165, 1.54) is 13.8 Å². The number of nitrogens with zero attached hydrogens (tertiary/aromatic N) is 1. The lowest BCUT2D eigenvalue weighted by Gasteiger charge is -2.28. The third kappa shape index (κ3) is 8.19. The van der Waals surface area contributed by atoms with Gasteiger partial charge in [-0.1, -0.05) is 0 Å². The van der Waals surface area contributed by atoms with Crippen LogP contribution in [0.1, 0.15) is 26.7 Å². The SMILES string of the molecule is CC(C)(COC(=O)C(F)(F)F)OC(=O)[C@H](CCC(N)=O)NCCN1C(=O)C=CC1=O. The van der Waals surface area contributed by atoms with Gasteiger partial charge in [-0.25, -0.2) is 4.79 Å². The molecule has 0 spiro atoms. The summed E-state index contributed by atoms with van der Waals surface area (Å²) in [5.41, 5.74) is 3.46. The van der Waals surface area contributed by atoms with E-state index in [0.717, 1.165) is 17.1 Å². The number of primary amides is 1. The van der Waals surface area contributed by atoms with Gasteiger partial charge in [-0.05, 0) is 20.3 Å². The van der Waals surface area contributed by atoms with E-state index in [1.807, 2.05) is 0 Å². The van der Waals surface area contributed by atoms with Crippen molar-refractivity contribution in [1.82, 2.24) is 10.2 Å². The molecule has 1 heterocycles. The summed E-state index contributed by atoms with van der Waals surface area (Å²) in [5, 5.41) is 2.71. The predicted octanol–water partition coefficient (Wildman–Crippen LogP) is -0.438. The predicted molar refractivity (Wildman–Crippen MR) is 93.3 cm³/mol. The Morgan fingerprint density at radius 3 is 2.23 bits per heavy atom. The first-order valence-corrected chi connectivity index (χ1v) is 8.75. The summed E-state index contributed by atoms with van der Waals surface area (Å²) >= 11 is 0. The van der Waals surface area contributed by atoms with Gasteiger partial charge in [-0.3, -0.25) is 24.1 Å². The number of amides is 3. The molecule has 0 aliphatic carbocycles. The number of esters is 2. The first-order valence-electron chi connectivity index (χ1n) is 8.75. The Morgan fingerprint density at radius 2 is 1.73 bits per heavy atom. The Labute approximate surface area is 169 Å². The number of ether oxygens (including phenoxy) is 2. The van der Waals surface area contributed by atoms with Gasteiger partial charge in [0.25, 0.3) is 11.8 Å². The maximum atomic E-state index is 12.4. The number of hydrogen-bond donors (Lipinski definition) is 2. The second-order valence-electron chi connectivity index (χ2n) is 6.93. The number of halogens is 3. The van der Waals surface area contributed by atoms with Crippen LogP contribution in [0.4, 0.5) is 13.2 Å². The summed E-state index contributed by atoms with van der Waals surface area (Å²) < 4.78 is 45.9. The van der Waals surface area contributed by atoms with Crippen molar-refractivity contribution in [2.45, 2.75) is 44.5 Å². The molecular formula is C17H22F3N3O7. The molecule has 0 bridgehead atoms. The standard InChI is InChI=1S/C17H22F3N3O7/c1-16(2,9-29-15(28)17(18,19)20)30-14(27)10(3-4-11(21)24)22-7-8-23-12(25)5-6-13(23)26/h5-6,10,22H,3-4,7-9H2,1-2H3,(H2,21,24)/t10-/m0/s1. The molecule has 168 valence electrons. The van der Waals surface area contributed by atoms with Crippen molar-refractivity contribution in [2.24, 2.45) is 5.73 Å². The van der Waals surface area contributed by atoms with Gasteiger partial charge in [0.2, 0.25) is 5.91 Å². The number of rotatable bonds is 11. The molecule has 0 aromatic rings. The molecule has 1 atom stereocenters. The minimum Gasteiger partial charge on any atom is -0.455 e. The highest BCUT2D eigenvalue weighted by atomic mass is 19.4. The Hall–Kier alpha value is -2.96. The fourth-order valence-corrected chi connectivity index (χ4v) is 2.29. The van der Waals surface area contributed by atoms with Crippen LogP contribution in [0, 0.1) is 0 Å². The molecule has 30 heavy (non-hydrogen) atoms. The molecule has 0 fully saturated rings. The molecule has 1 aliphatic heterocycles. The Balaban J connectivity index is 2.65. The largest absolute Gasteiger partial charge is 0.490 e. The van der Waals surface area contributed by atoms with E-state index in [-0.39, 0.29) is 25.9 Å². The minimum absolute atomic E-state index is 0.0266. The van der Waals surface area contributed by atoms with Crippen LogP contribution in [0.2, 0.25) is 0 Å². The van der Waals surface area contributed by atoms with E-state index in [9.17, 15) is 37.1 Å². The Bertz CT molecular complexity index is 717. The summed E-state index contributed by atoms with van der Waals surface area (Å²) in [7, 11) is 0. The Morgan fingerprint density at radius 1 is 1.17 bits per heavy atom. The van der Waals surface area contributed by atoms with Crippen molar-refractivity contribution in [2.75, 3.05) is 19.7 Å². The van der Waals surface area contributed by atoms with Crippen molar-refractivity contribution in [3.63, 3.8) is 0 Å². The quantitative estimate of drug-likeness (QED) is 0.327. The molecule has 1 aliphatic rings. The second-order valence-corrected chi connectivity index (χ2v) is 6.93. The van der Waals surface area contributed by atoms with Crippen LogP contribution >= 0.6 is 0 Å². The van der Waals surface area contributed by atoms with Crippen LogP contribution in [-0.2, 0) is 33.4 Å². The highest BCUT2D eigenvalue weighted by Crippen LogP contribution is 2.19. The number of carbonyl (C=O) groups excluding carboxylic acids is 5. The van der Waals surface area contributed by atoms with Crippen molar-refractivity contribution in [3.8, 4) is 0 Å². The van der Waals surface area contributed by atoms with E-state index in [0.29, 0.717) is 0 Å². The molecule has 13 heteroatoms. The molecule has 0 saturated carbocycles. The second kappa shape index (κ2) is 10.2. The fourth-order valence-electron chi connectivity index (χ4n) is 2.29. The van der Waals surface area contributed by atoms with Crippen LogP contribution in [-0.4, -0.2) is 72.1 Å².